The molecule has 1 unspecified atom stereocenters. The van der Waals surface area contributed by atoms with Crippen molar-refractivity contribution in [2.75, 3.05) is 18.4 Å². The maximum absolute atomic E-state index is 13.8. The molecule has 0 saturated carbocycles. The van der Waals surface area contributed by atoms with Gasteiger partial charge in [0.25, 0.3) is 0 Å². The van der Waals surface area contributed by atoms with Gasteiger partial charge >= 0.3 is 0 Å². The van der Waals surface area contributed by atoms with Gasteiger partial charge in [0.2, 0.25) is 10.0 Å². The lowest BCUT2D eigenvalue weighted by Gasteiger charge is -2.41. The van der Waals surface area contributed by atoms with Gasteiger partial charge in [-0.15, -0.1) is 0 Å². The van der Waals surface area contributed by atoms with Gasteiger partial charge in [0, 0.05) is 24.5 Å². The molecule has 0 aliphatic carbocycles. The highest BCUT2D eigenvalue weighted by atomic mass is 79.9. The molecule has 21 heavy (non-hydrogen) atoms. The summed E-state index contributed by atoms with van der Waals surface area (Å²) in [6.07, 6.45) is -0.327. The van der Waals surface area contributed by atoms with Gasteiger partial charge in [-0.25, -0.2) is 17.2 Å². The van der Waals surface area contributed by atoms with Crippen molar-refractivity contribution in [2.24, 2.45) is 0 Å². The highest BCUT2D eigenvalue weighted by Gasteiger charge is 2.39. The second kappa shape index (κ2) is 5.91. The summed E-state index contributed by atoms with van der Waals surface area (Å²) in [5.74, 6) is -1.90. The lowest BCUT2D eigenvalue weighted by molar-refractivity contribution is -0.107. The van der Waals surface area contributed by atoms with E-state index in [1.807, 2.05) is 0 Å². The van der Waals surface area contributed by atoms with Crippen molar-refractivity contribution in [3.63, 3.8) is 0 Å². The Labute approximate surface area is 131 Å². The van der Waals surface area contributed by atoms with Crippen molar-refractivity contribution in [3.05, 3.63) is 29.8 Å². The molecule has 0 amide bonds. The minimum atomic E-state index is -4.03. The summed E-state index contributed by atoms with van der Waals surface area (Å²) in [5, 5.41) is 0.467. The van der Waals surface area contributed by atoms with Crippen LogP contribution < -0.4 is 0 Å². The molecule has 2 rings (SSSR count). The van der Waals surface area contributed by atoms with Crippen LogP contribution in [0.25, 0.3) is 0 Å². The number of halogens is 3. The molecule has 1 atom stereocenters. The van der Waals surface area contributed by atoms with E-state index in [9.17, 15) is 17.2 Å². The van der Waals surface area contributed by atoms with Crippen LogP contribution in [0, 0.1) is 11.6 Å². The van der Waals surface area contributed by atoms with Crippen molar-refractivity contribution < 1.29 is 21.9 Å². The molecule has 0 bridgehead atoms. The first kappa shape index (κ1) is 16.8. The topological polar surface area (TPSA) is 46.6 Å². The molecule has 0 aromatic heterocycles. The minimum absolute atomic E-state index is 0.107. The summed E-state index contributed by atoms with van der Waals surface area (Å²) < 4.78 is 58.8. The van der Waals surface area contributed by atoms with Crippen LogP contribution in [0.4, 0.5) is 8.78 Å². The summed E-state index contributed by atoms with van der Waals surface area (Å²) in [6, 6.07) is 2.45. The van der Waals surface area contributed by atoms with E-state index in [4.69, 9.17) is 4.74 Å². The van der Waals surface area contributed by atoms with Gasteiger partial charge in [-0.2, -0.15) is 4.31 Å². The highest BCUT2D eigenvalue weighted by Crippen LogP contribution is 2.28. The predicted octanol–water partition coefficient (Wildman–Crippen LogP) is 2.53. The summed E-state index contributed by atoms with van der Waals surface area (Å²) in [6.45, 7) is 3.76. The summed E-state index contributed by atoms with van der Waals surface area (Å²) in [4.78, 5) is -0.519. The molecule has 4 nitrogen and oxygen atoms in total. The van der Waals surface area contributed by atoms with E-state index in [2.05, 4.69) is 15.9 Å². The third-order valence-corrected chi connectivity index (χ3v) is 5.70. The van der Waals surface area contributed by atoms with Crippen molar-refractivity contribution in [3.8, 4) is 0 Å². The molecule has 1 aromatic rings. The van der Waals surface area contributed by atoms with E-state index in [1.54, 1.807) is 13.8 Å². The van der Waals surface area contributed by atoms with E-state index in [0.717, 1.165) is 12.1 Å². The molecular weight excluding hydrogens is 368 g/mol. The largest absolute Gasteiger partial charge is 0.369 e. The Kier molecular flexibility index (Phi) is 4.72. The van der Waals surface area contributed by atoms with Crippen LogP contribution in [0.15, 0.2) is 23.1 Å². The lowest BCUT2D eigenvalue weighted by atomic mass is 10.1. The number of nitrogens with zero attached hydrogens (tertiary/aromatic N) is 1. The average Bonchev–Trinajstić information content (AvgIpc) is 2.36. The van der Waals surface area contributed by atoms with E-state index in [1.165, 1.54) is 4.31 Å². The maximum Gasteiger partial charge on any atom is 0.246 e. The first-order valence-electron chi connectivity index (χ1n) is 6.35. The molecular formula is C13H16BrF2NO3S. The zero-order chi connectivity index (χ0) is 15.8. The molecule has 1 aliphatic heterocycles. The van der Waals surface area contributed by atoms with Gasteiger partial charge in [0.1, 0.15) is 16.5 Å². The third kappa shape index (κ3) is 3.61. The summed E-state index contributed by atoms with van der Waals surface area (Å²) in [7, 11) is -4.03. The molecule has 8 heteroatoms. The van der Waals surface area contributed by atoms with E-state index in [0.29, 0.717) is 11.4 Å². The first-order valence-corrected chi connectivity index (χ1v) is 8.91. The number of morpholine rings is 1. The Balaban J connectivity index is 2.38. The molecule has 118 valence electrons. The normalized spacial score (nSPS) is 23.2. The Morgan fingerprint density at radius 1 is 1.43 bits per heavy atom. The summed E-state index contributed by atoms with van der Waals surface area (Å²) >= 11 is 3.27. The van der Waals surface area contributed by atoms with E-state index in [-0.39, 0.29) is 19.2 Å². The number of rotatable bonds is 3. The monoisotopic (exact) mass is 383 g/mol. The number of ether oxygens (including phenoxy) is 1. The van der Waals surface area contributed by atoms with Crippen LogP contribution >= 0.6 is 15.9 Å². The van der Waals surface area contributed by atoms with Gasteiger partial charge in [-0.3, -0.25) is 0 Å². The Morgan fingerprint density at radius 2 is 2.10 bits per heavy atom. The minimum Gasteiger partial charge on any atom is -0.369 e. The molecule has 1 aliphatic rings. The molecule has 1 aromatic carbocycles. The van der Waals surface area contributed by atoms with Gasteiger partial charge in [0.15, 0.2) is 0 Å². The van der Waals surface area contributed by atoms with Crippen LogP contribution in [0.3, 0.4) is 0 Å². The fourth-order valence-corrected chi connectivity index (χ4v) is 4.33. The molecule has 1 saturated heterocycles. The van der Waals surface area contributed by atoms with Crippen molar-refractivity contribution in [1.29, 1.82) is 0 Å². The fourth-order valence-electron chi connectivity index (χ4n) is 2.33. The SMILES string of the molecule is CC1(C)CN(S(=O)(=O)c2ccc(F)cc2F)CC(CBr)O1. The van der Waals surface area contributed by atoms with Crippen molar-refractivity contribution in [1.82, 2.24) is 4.31 Å². The number of alkyl halides is 1. The number of hydrogen-bond donors (Lipinski definition) is 0. The Hall–Kier alpha value is -0.570. The van der Waals surface area contributed by atoms with Gasteiger partial charge in [-0.1, -0.05) is 15.9 Å². The highest BCUT2D eigenvalue weighted by molar-refractivity contribution is 9.09. The smallest absolute Gasteiger partial charge is 0.246 e. The molecule has 0 spiro atoms. The second-order valence-electron chi connectivity index (χ2n) is 5.53. The van der Waals surface area contributed by atoms with E-state index < -0.39 is 32.2 Å². The zero-order valence-corrected chi connectivity index (χ0v) is 14.0. The van der Waals surface area contributed by atoms with E-state index >= 15 is 0 Å². The molecule has 0 N–H and O–H groups in total. The average molecular weight is 384 g/mol. The first-order chi connectivity index (χ1) is 9.65. The number of sulfonamides is 1. The fraction of sp³-hybridized carbons (Fsp3) is 0.538. The van der Waals surface area contributed by atoms with Crippen LogP contribution in [0.5, 0.6) is 0 Å². The predicted molar refractivity (Wildman–Crippen MR) is 77.9 cm³/mol. The zero-order valence-electron chi connectivity index (χ0n) is 11.6. The Morgan fingerprint density at radius 3 is 2.67 bits per heavy atom. The third-order valence-electron chi connectivity index (χ3n) is 3.13. The van der Waals surface area contributed by atoms with Crippen LogP contribution in [-0.4, -0.2) is 42.8 Å². The van der Waals surface area contributed by atoms with Gasteiger partial charge in [-0.05, 0) is 26.0 Å². The van der Waals surface area contributed by atoms with Crippen LogP contribution in [0.2, 0.25) is 0 Å². The molecule has 0 radical (unpaired) electrons. The van der Waals surface area contributed by atoms with Crippen LogP contribution in [-0.2, 0) is 14.8 Å². The second-order valence-corrected chi connectivity index (χ2v) is 8.08. The standard InChI is InChI=1S/C13H16BrF2NO3S/c1-13(2)8-17(7-10(6-14)20-13)21(18,19)12-4-3-9(15)5-11(12)16/h3-5,10H,6-8H2,1-2H3. The number of hydrogen-bond acceptors (Lipinski definition) is 3. The van der Waals surface area contributed by atoms with Crippen molar-refractivity contribution in [2.45, 2.75) is 30.4 Å². The van der Waals surface area contributed by atoms with Crippen molar-refractivity contribution >= 4 is 26.0 Å². The van der Waals surface area contributed by atoms with Crippen LogP contribution in [0.1, 0.15) is 13.8 Å². The maximum atomic E-state index is 13.8. The summed E-state index contributed by atoms with van der Waals surface area (Å²) in [5.41, 5.74) is -0.680. The lowest BCUT2D eigenvalue weighted by Crippen LogP contribution is -2.55. The molecule has 1 heterocycles. The van der Waals surface area contributed by atoms with Gasteiger partial charge < -0.3 is 4.74 Å². The van der Waals surface area contributed by atoms with Gasteiger partial charge in [0.05, 0.1) is 11.7 Å². The molecule has 1 fully saturated rings. The quantitative estimate of drug-likeness (QED) is 0.753. The Bertz CT molecular complexity index is 636. The number of benzene rings is 1.